The summed E-state index contributed by atoms with van der Waals surface area (Å²) in [6, 6.07) is 6.95. The van der Waals surface area contributed by atoms with Crippen molar-refractivity contribution < 1.29 is 14.3 Å². The normalized spacial score (nSPS) is 10.9. The zero-order valence-corrected chi connectivity index (χ0v) is 14.2. The maximum Gasteiger partial charge on any atom is 0.349 e. The monoisotopic (exact) mass is 338 g/mol. The number of aryl methyl sites for hydroxylation is 3. The molecular formula is C19H18N2O4. The fraction of sp³-hybridized carbons (Fsp3) is 0.211. The second-order valence-corrected chi connectivity index (χ2v) is 5.97. The predicted octanol–water partition coefficient (Wildman–Crippen LogP) is 2.86. The average Bonchev–Trinajstić information content (AvgIpc) is 2.58. The Bertz CT molecular complexity index is 1040. The van der Waals surface area contributed by atoms with E-state index < -0.39 is 11.5 Å². The van der Waals surface area contributed by atoms with Crippen molar-refractivity contribution in [2.24, 2.45) is 0 Å². The van der Waals surface area contributed by atoms with Gasteiger partial charge in [0.1, 0.15) is 5.56 Å². The summed E-state index contributed by atoms with van der Waals surface area (Å²) < 4.78 is 5.28. The molecule has 1 aromatic carbocycles. The number of rotatable bonds is 3. The van der Waals surface area contributed by atoms with E-state index in [9.17, 15) is 14.7 Å². The Morgan fingerprint density at radius 2 is 1.96 bits per heavy atom. The number of amides is 1. The molecule has 0 aliphatic heterocycles. The molecule has 6 heteroatoms. The van der Waals surface area contributed by atoms with Crippen LogP contribution in [0.1, 0.15) is 32.7 Å². The second-order valence-electron chi connectivity index (χ2n) is 5.97. The van der Waals surface area contributed by atoms with Crippen molar-refractivity contribution in [1.82, 2.24) is 4.98 Å². The summed E-state index contributed by atoms with van der Waals surface area (Å²) >= 11 is 0. The van der Waals surface area contributed by atoms with Crippen LogP contribution in [0.3, 0.4) is 0 Å². The van der Waals surface area contributed by atoms with Crippen molar-refractivity contribution in [3.05, 3.63) is 68.8 Å². The van der Waals surface area contributed by atoms with E-state index in [0.29, 0.717) is 22.3 Å². The van der Waals surface area contributed by atoms with Gasteiger partial charge in [0.2, 0.25) is 0 Å². The molecule has 2 heterocycles. The van der Waals surface area contributed by atoms with E-state index in [0.717, 1.165) is 11.1 Å². The van der Waals surface area contributed by atoms with Crippen LogP contribution in [0.15, 0.2) is 39.7 Å². The number of pyridine rings is 1. The number of fused-ring (bicyclic) bond motifs is 1. The van der Waals surface area contributed by atoms with Crippen LogP contribution in [-0.2, 0) is 6.61 Å². The maximum atomic E-state index is 12.5. The summed E-state index contributed by atoms with van der Waals surface area (Å²) in [6.07, 6.45) is 1.50. The number of aliphatic hydroxyl groups is 1. The topological polar surface area (TPSA) is 92.4 Å². The SMILES string of the molecule is Cc1ccc(NC(=O)c2cc3c(CO)cnc(C)c3oc2=O)cc1C. The third kappa shape index (κ3) is 3.16. The third-order valence-corrected chi connectivity index (χ3v) is 4.22. The van der Waals surface area contributed by atoms with Crippen molar-refractivity contribution in [3.63, 3.8) is 0 Å². The van der Waals surface area contributed by atoms with Crippen molar-refractivity contribution in [1.29, 1.82) is 0 Å². The molecule has 0 unspecified atom stereocenters. The highest BCUT2D eigenvalue weighted by atomic mass is 16.4. The number of carbonyl (C=O) groups excluding carboxylic acids is 1. The fourth-order valence-corrected chi connectivity index (χ4v) is 2.58. The van der Waals surface area contributed by atoms with Gasteiger partial charge in [-0.05, 0) is 50.1 Å². The van der Waals surface area contributed by atoms with Gasteiger partial charge in [0.25, 0.3) is 5.91 Å². The first-order chi connectivity index (χ1) is 11.9. The summed E-state index contributed by atoms with van der Waals surface area (Å²) in [6.45, 7) is 5.35. The van der Waals surface area contributed by atoms with Gasteiger partial charge < -0.3 is 14.8 Å². The maximum absolute atomic E-state index is 12.5. The molecule has 0 spiro atoms. The number of aliphatic hydroxyl groups excluding tert-OH is 1. The van der Waals surface area contributed by atoms with Crippen LogP contribution in [0.5, 0.6) is 0 Å². The van der Waals surface area contributed by atoms with Crippen LogP contribution in [0, 0.1) is 20.8 Å². The van der Waals surface area contributed by atoms with Crippen molar-refractivity contribution in [2.45, 2.75) is 27.4 Å². The van der Waals surface area contributed by atoms with E-state index in [1.807, 2.05) is 26.0 Å². The third-order valence-electron chi connectivity index (χ3n) is 4.22. The molecule has 0 aliphatic rings. The molecule has 0 atom stereocenters. The zero-order chi connectivity index (χ0) is 18.1. The molecule has 0 bridgehead atoms. The van der Waals surface area contributed by atoms with Gasteiger partial charge in [-0.25, -0.2) is 4.79 Å². The smallest absolute Gasteiger partial charge is 0.349 e. The molecule has 2 N–H and O–H groups in total. The summed E-state index contributed by atoms with van der Waals surface area (Å²) in [4.78, 5) is 28.8. The Balaban J connectivity index is 2.05. The molecule has 0 saturated heterocycles. The first-order valence-corrected chi connectivity index (χ1v) is 7.82. The highest BCUT2D eigenvalue weighted by molar-refractivity contribution is 6.05. The Morgan fingerprint density at radius 1 is 1.20 bits per heavy atom. The van der Waals surface area contributed by atoms with Gasteiger partial charge in [-0.15, -0.1) is 0 Å². The summed E-state index contributed by atoms with van der Waals surface area (Å²) in [5, 5.41) is 12.7. The lowest BCUT2D eigenvalue weighted by atomic mass is 10.1. The highest BCUT2D eigenvalue weighted by Crippen LogP contribution is 2.21. The standard InChI is InChI=1S/C19H18N2O4/c1-10-4-5-14(6-11(10)2)21-18(23)16-7-15-13(9-22)8-20-12(3)17(15)25-19(16)24/h4-8,22H,9H2,1-3H3,(H,21,23). The quantitative estimate of drug-likeness (QED) is 0.766. The first-order valence-electron chi connectivity index (χ1n) is 7.82. The zero-order valence-electron chi connectivity index (χ0n) is 14.2. The Morgan fingerprint density at radius 3 is 2.64 bits per heavy atom. The molecule has 128 valence electrons. The molecule has 0 saturated carbocycles. The van der Waals surface area contributed by atoms with Crippen molar-refractivity contribution in [3.8, 4) is 0 Å². The summed E-state index contributed by atoms with van der Waals surface area (Å²) in [5.41, 5.74) is 3.17. The molecule has 0 radical (unpaired) electrons. The number of carbonyl (C=O) groups is 1. The number of aromatic nitrogens is 1. The van der Waals surface area contributed by atoms with E-state index >= 15 is 0 Å². The number of benzene rings is 1. The largest absolute Gasteiger partial charge is 0.420 e. The van der Waals surface area contributed by atoms with E-state index in [2.05, 4.69) is 10.3 Å². The molecule has 3 rings (SSSR count). The van der Waals surface area contributed by atoms with Crippen molar-refractivity contribution in [2.75, 3.05) is 5.32 Å². The molecule has 1 amide bonds. The number of anilines is 1. The van der Waals surface area contributed by atoms with Crippen LogP contribution in [0.4, 0.5) is 5.69 Å². The van der Waals surface area contributed by atoms with Gasteiger partial charge in [-0.3, -0.25) is 9.78 Å². The Kier molecular flexibility index (Phi) is 4.37. The van der Waals surface area contributed by atoms with Gasteiger partial charge in [-0.2, -0.15) is 0 Å². The number of hydrogen-bond donors (Lipinski definition) is 2. The van der Waals surface area contributed by atoms with Gasteiger partial charge in [-0.1, -0.05) is 6.07 Å². The minimum absolute atomic E-state index is 0.119. The van der Waals surface area contributed by atoms with Crippen LogP contribution in [-0.4, -0.2) is 16.0 Å². The minimum atomic E-state index is -0.742. The van der Waals surface area contributed by atoms with Gasteiger partial charge in [0.05, 0.1) is 12.3 Å². The van der Waals surface area contributed by atoms with E-state index in [1.165, 1.54) is 12.3 Å². The number of hydrogen-bond acceptors (Lipinski definition) is 5. The molecule has 3 aromatic rings. The Labute approximate surface area is 144 Å². The molecule has 2 aromatic heterocycles. The minimum Gasteiger partial charge on any atom is -0.420 e. The van der Waals surface area contributed by atoms with Crippen LogP contribution >= 0.6 is 0 Å². The number of nitrogens with zero attached hydrogens (tertiary/aromatic N) is 1. The molecular weight excluding hydrogens is 320 g/mol. The molecule has 0 aliphatic carbocycles. The highest BCUT2D eigenvalue weighted by Gasteiger charge is 2.17. The second kappa shape index (κ2) is 6.49. The lowest BCUT2D eigenvalue weighted by molar-refractivity contribution is 0.102. The lowest BCUT2D eigenvalue weighted by Crippen LogP contribution is -2.21. The van der Waals surface area contributed by atoms with Crippen molar-refractivity contribution >= 4 is 22.6 Å². The Hall–Kier alpha value is -2.99. The van der Waals surface area contributed by atoms with Gasteiger partial charge >= 0.3 is 5.63 Å². The van der Waals surface area contributed by atoms with Gasteiger partial charge in [0, 0.05) is 22.8 Å². The van der Waals surface area contributed by atoms with Crippen LogP contribution in [0.25, 0.3) is 11.0 Å². The summed E-state index contributed by atoms with van der Waals surface area (Å²) in [7, 11) is 0. The van der Waals surface area contributed by atoms with E-state index in [1.54, 1.807) is 13.0 Å². The lowest BCUT2D eigenvalue weighted by Gasteiger charge is -2.09. The van der Waals surface area contributed by atoms with Gasteiger partial charge in [0.15, 0.2) is 5.58 Å². The molecule has 0 fully saturated rings. The van der Waals surface area contributed by atoms with Crippen LogP contribution in [0.2, 0.25) is 0 Å². The fourth-order valence-electron chi connectivity index (χ4n) is 2.58. The van der Waals surface area contributed by atoms with Crippen LogP contribution < -0.4 is 10.9 Å². The molecule has 6 nitrogen and oxygen atoms in total. The summed E-state index contributed by atoms with van der Waals surface area (Å²) in [5.74, 6) is -0.558. The first kappa shape index (κ1) is 16.9. The average molecular weight is 338 g/mol. The van der Waals surface area contributed by atoms with E-state index in [-0.39, 0.29) is 17.8 Å². The predicted molar refractivity (Wildman–Crippen MR) is 94.8 cm³/mol. The number of nitrogens with one attached hydrogen (secondary N) is 1. The van der Waals surface area contributed by atoms with E-state index in [4.69, 9.17) is 4.42 Å². The molecule has 25 heavy (non-hydrogen) atoms.